The lowest BCUT2D eigenvalue weighted by molar-refractivity contribution is -0.138. The Hall–Kier alpha value is -1.22. The molecule has 0 radical (unpaired) electrons. The van der Waals surface area contributed by atoms with Crippen LogP contribution in [0, 0.1) is 0 Å². The largest absolute Gasteiger partial charge is 0.480 e. The van der Waals surface area contributed by atoms with E-state index in [1.54, 1.807) is 0 Å². The van der Waals surface area contributed by atoms with Gasteiger partial charge >= 0.3 is 11.9 Å². The highest BCUT2D eigenvalue weighted by atomic mass is 32.2. The van der Waals surface area contributed by atoms with Gasteiger partial charge in [-0.3, -0.25) is 9.59 Å². The van der Waals surface area contributed by atoms with Crippen LogP contribution in [0.25, 0.3) is 0 Å². The molecule has 122 valence electrons. The molecule has 8 heteroatoms. The van der Waals surface area contributed by atoms with Crippen molar-refractivity contribution in [3.8, 4) is 0 Å². The van der Waals surface area contributed by atoms with Crippen LogP contribution in [-0.4, -0.2) is 50.3 Å². The molecule has 0 aliphatic rings. The van der Waals surface area contributed by atoms with Crippen LogP contribution in [0.5, 0.6) is 0 Å². The van der Waals surface area contributed by atoms with Crippen molar-refractivity contribution in [3.63, 3.8) is 0 Å². The van der Waals surface area contributed by atoms with Crippen LogP contribution < -0.4 is 11.5 Å². The van der Waals surface area contributed by atoms with Gasteiger partial charge in [0.1, 0.15) is 12.1 Å². The Morgan fingerprint density at radius 2 is 1.41 bits per heavy atom. The zero-order valence-electron chi connectivity index (χ0n) is 11.9. The van der Waals surface area contributed by atoms with Crippen molar-refractivity contribution in [1.82, 2.24) is 0 Å². The normalized spacial score (nSPS) is 15.0. The van der Waals surface area contributed by atoms with Crippen molar-refractivity contribution in [2.45, 2.75) is 23.1 Å². The maximum atomic E-state index is 10.8. The second-order valence-electron chi connectivity index (χ2n) is 4.68. The zero-order chi connectivity index (χ0) is 16.5. The van der Waals surface area contributed by atoms with Gasteiger partial charge in [-0.25, -0.2) is 0 Å². The fourth-order valence-electron chi connectivity index (χ4n) is 1.54. The molecule has 0 saturated carbocycles. The van der Waals surface area contributed by atoms with Crippen molar-refractivity contribution < 1.29 is 19.8 Å². The molecular formula is C14H20N2O4S2. The van der Waals surface area contributed by atoms with E-state index >= 15 is 0 Å². The summed E-state index contributed by atoms with van der Waals surface area (Å²) < 4.78 is -0.00167. The molecule has 0 heterocycles. The highest BCUT2D eigenvalue weighted by molar-refractivity contribution is 8.17. The molecule has 1 rings (SSSR count). The lowest BCUT2D eigenvalue weighted by atomic mass is 10.2. The lowest BCUT2D eigenvalue weighted by Gasteiger charge is -2.18. The summed E-state index contributed by atoms with van der Waals surface area (Å²) >= 11 is 2.83. The Kier molecular flexibility index (Phi) is 8.32. The van der Waals surface area contributed by atoms with Gasteiger partial charge in [-0.2, -0.15) is 0 Å². The molecule has 0 aromatic heterocycles. The molecule has 0 fully saturated rings. The monoisotopic (exact) mass is 344 g/mol. The highest BCUT2D eigenvalue weighted by Crippen LogP contribution is 2.28. The number of rotatable bonds is 10. The van der Waals surface area contributed by atoms with Crippen LogP contribution in [0.1, 0.15) is 5.56 Å². The molecule has 2 unspecified atom stereocenters. The Morgan fingerprint density at radius 3 is 1.82 bits per heavy atom. The third-order valence-electron chi connectivity index (χ3n) is 2.80. The van der Waals surface area contributed by atoms with Gasteiger partial charge in [0.15, 0.2) is 0 Å². The fourth-order valence-corrected chi connectivity index (χ4v) is 4.14. The minimum Gasteiger partial charge on any atom is -0.480 e. The number of hydrogen-bond acceptors (Lipinski definition) is 6. The Labute approximate surface area is 137 Å². The third-order valence-corrected chi connectivity index (χ3v) is 5.80. The van der Waals surface area contributed by atoms with Gasteiger partial charge in [0.2, 0.25) is 0 Å². The van der Waals surface area contributed by atoms with Gasteiger partial charge in [0.05, 0.1) is 4.58 Å². The van der Waals surface area contributed by atoms with Crippen molar-refractivity contribution in [2.24, 2.45) is 11.5 Å². The van der Waals surface area contributed by atoms with E-state index < -0.39 is 24.0 Å². The molecule has 6 nitrogen and oxygen atoms in total. The summed E-state index contributed by atoms with van der Waals surface area (Å²) in [6.07, 6.45) is 0.689. The van der Waals surface area contributed by atoms with Crippen LogP contribution in [-0.2, 0) is 16.0 Å². The number of aliphatic carboxylic acids is 2. The molecule has 1 aromatic carbocycles. The predicted molar refractivity (Wildman–Crippen MR) is 90.1 cm³/mol. The van der Waals surface area contributed by atoms with Gasteiger partial charge in [0.25, 0.3) is 0 Å². The number of nitrogens with two attached hydrogens (primary N) is 2. The molecule has 0 aliphatic carbocycles. The molecule has 6 N–H and O–H groups in total. The Balaban J connectivity index is 2.59. The quantitative estimate of drug-likeness (QED) is 0.460. The van der Waals surface area contributed by atoms with Gasteiger partial charge in [0, 0.05) is 11.5 Å². The SMILES string of the molecule is NC(CSC(Cc1ccccc1)SCC(N)C(=O)O)C(=O)O. The van der Waals surface area contributed by atoms with E-state index in [1.165, 1.54) is 23.5 Å². The number of carboxylic acids is 2. The third kappa shape index (κ3) is 7.17. The Morgan fingerprint density at radius 1 is 0.955 bits per heavy atom. The molecule has 0 spiro atoms. The van der Waals surface area contributed by atoms with Crippen LogP contribution in [0.2, 0.25) is 0 Å². The molecule has 1 aromatic rings. The summed E-state index contributed by atoms with van der Waals surface area (Å²) in [7, 11) is 0. The zero-order valence-corrected chi connectivity index (χ0v) is 13.6. The summed E-state index contributed by atoms with van der Waals surface area (Å²) in [5, 5.41) is 17.7. The van der Waals surface area contributed by atoms with Crippen molar-refractivity contribution >= 4 is 35.5 Å². The van der Waals surface area contributed by atoms with E-state index in [9.17, 15) is 9.59 Å². The minimum atomic E-state index is -1.04. The van der Waals surface area contributed by atoms with E-state index in [4.69, 9.17) is 21.7 Å². The summed E-state index contributed by atoms with van der Waals surface area (Å²) in [6, 6.07) is 7.85. The maximum absolute atomic E-state index is 10.8. The number of thioether (sulfide) groups is 2. The lowest BCUT2D eigenvalue weighted by Crippen LogP contribution is -2.34. The van der Waals surface area contributed by atoms with Crippen LogP contribution in [0.4, 0.5) is 0 Å². The first-order valence-electron chi connectivity index (χ1n) is 6.64. The second-order valence-corrected chi connectivity index (χ2v) is 7.45. The maximum Gasteiger partial charge on any atom is 0.321 e. The number of hydrogen-bond donors (Lipinski definition) is 4. The fraction of sp³-hybridized carbons (Fsp3) is 0.429. The van der Waals surface area contributed by atoms with E-state index in [2.05, 4.69) is 0 Å². The Bertz CT molecular complexity index is 463. The van der Waals surface area contributed by atoms with Crippen molar-refractivity contribution in [1.29, 1.82) is 0 Å². The predicted octanol–water partition coefficient (Wildman–Crippen LogP) is 0.845. The summed E-state index contributed by atoms with van der Waals surface area (Å²) in [6.45, 7) is 0. The number of carboxylic acid groups (broad SMARTS) is 2. The minimum absolute atomic E-state index is 0.00167. The second kappa shape index (κ2) is 9.73. The molecule has 0 bridgehead atoms. The van der Waals surface area contributed by atoms with Crippen LogP contribution in [0.3, 0.4) is 0 Å². The molecule has 2 atom stereocenters. The van der Waals surface area contributed by atoms with Crippen molar-refractivity contribution in [3.05, 3.63) is 35.9 Å². The van der Waals surface area contributed by atoms with E-state index in [0.717, 1.165) is 5.56 Å². The van der Waals surface area contributed by atoms with Gasteiger partial charge in [-0.05, 0) is 12.0 Å². The molecule has 0 amide bonds. The van der Waals surface area contributed by atoms with Crippen molar-refractivity contribution in [2.75, 3.05) is 11.5 Å². The van der Waals surface area contributed by atoms with E-state index in [0.29, 0.717) is 6.42 Å². The highest BCUT2D eigenvalue weighted by Gasteiger charge is 2.19. The molecule has 0 aliphatic heterocycles. The molecule has 0 saturated heterocycles. The van der Waals surface area contributed by atoms with Crippen LogP contribution in [0.15, 0.2) is 30.3 Å². The smallest absolute Gasteiger partial charge is 0.321 e. The number of carbonyl (C=O) groups is 2. The first-order valence-corrected chi connectivity index (χ1v) is 8.73. The van der Waals surface area contributed by atoms with E-state index in [-0.39, 0.29) is 16.1 Å². The number of benzene rings is 1. The molecular weight excluding hydrogens is 324 g/mol. The topological polar surface area (TPSA) is 127 Å². The molecule has 22 heavy (non-hydrogen) atoms. The standard InChI is InChI=1S/C14H20N2O4S2/c15-10(13(17)18)7-21-12(22-8-11(16)14(19)20)6-9-4-2-1-3-5-9/h1-5,10-12H,6-8,15-16H2,(H,17,18)(H,19,20). The average molecular weight is 344 g/mol. The van der Waals surface area contributed by atoms with Gasteiger partial charge in [-0.1, -0.05) is 30.3 Å². The average Bonchev–Trinajstić information content (AvgIpc) is 2.49. The summed E-state index contributed by atoms with van der Waals surface area (Å²) in [5.41, 5.74) is 12.1. The first-order chi connectivity index (χ1) is 10.4. The van der Waals surface area contributed by atoms with Crippen LogP contribution >= 0.6 is 23.5 Å². The van der Waals surface area contributed by atoms with E-state index in [1.807, 2.05) is 30.3 Å². The summed E-state index contributed by atoms with van der Waals surface area (Å²) in [4.78, 5) is 21.6. The summed E-state index contributed by atoms with van der Waals surface area (Å²) in [5.74, 6) is -1.55. The first kappa shape index (κ1) is 18.8. The van der Waals surface area contributed by atoms with Gasteiger partial charge < -0.3 is 21.7 Å². The van der Waals surface area contributed by atoms with Gasteiger partial charge in [-0.15, -0.1) is 23.5 Å².